The van der Waals surface area contributed by atoms with Crippen LogP contribution >= 0.6 is 0 Å². The minimum Gasteiger partial charge on any atom is -0.497 e. The fourth-order valence-electron chi connectivity index (χ4n) is 2.41. The molecule has 0 saturated carbocycles. The van der Waals surface area contributed by atoms with E-state index in [2.05, 4.69) is 5.32 Å². The summed E-state index contributed by atoms with van der Waals surface area (Å²) in [6, 6.07) is 9.99. The molecule has 0 saturated heterocycles. The number of carbonyl (C=O) groups excluding carboxylic acids is 1. The first-order chi connectivity index (χ1) is 12.2. The standard InChI is InChI=1S/C18H18N2O6/c1-18(2,17(23)19-12-5-7-13(26-3)8-6-12)14-10-11(16(21)22)4-9-15(14)20(24)25/h4-10H,1-3H3,(H,19,23)(H,21,22). The third-order valence-corrected chi connectivity index (χ3v) is 4.03. The second-order valence-electron chi connectivity index (χ2n) is 6.10. The topological polar surface area (TPSA) is 119 Å². The average molecular weight is 358 g/mol. The molecule has 2 N–H and O–H groups in total. The van der Waals surface area contributed by atoms with E-state index in [1.165, 1.54) is 21.0 Å². The lowest BCUT2D eigenvalue weighted by molar-refractivity contribution is -0.385. The molecular formula is C18H18N2O6. The van der Waals surface area contributed by atoms with E-state index in [4.69, 9.17) is 9.84 Å². The summed E-state index contributed by atoms with van der Waals surface area (Å²) in [5.41, 5.74) is -1.27. The average Bonchev–Trinajstić information content (AvgIpc) is 2.61. The van der Waals surface area contributed by atoms with Crippen molar-refractivity contribution < 1.29 is 24.4 Å². The predicted octanol–water partition coefficient (Wildman–Crippen LogP) is 3.22. The van der Waals surface area contributed by atoms with Crippen LogP contribution in [0.25, 0.3) is 0 Å². The molecule has 0 atom stereocenters. The number of carbonyl (C=O) groups is 2. The zero-order valence-corrected chi connectivity index (χ0v) is 14.5. The smallest absolute Gasteiger partial charge is 0.335 e. The monoisotopic (exact) mass is 358 g/mol. The molecule has 0 aromatic heterocycles. The summed E-state index contributed by atoms with van der Waals surface area (Å²) in [7, 11) is 1.52. The second-order valence-corrected chi connectivity index (χ2v) is 6.10. The molecule has 0 heterocycles. The molecule has 2 aromatic rings. The highest BCUT2D eigenvalue weighted by Gasteiger charge is 2.36. The molecule has 0 fully saturated rings. The van der Waals surface area contributed by atoms with Crippen LogP contribution in [0.1, 0.15) is 29.8 Å². The van der Waals surface area contributed by atoms with Gasteiger partial charge in [-0.1, -0.05) is 0 Å². The SMILES string of the molecule is COc1ccc(NC(=O)C(C)(C)c2cc(C(=O)O)ccc2[N+](=O)[O-])cc1. The Balaban J connectivity index is 2.40. The fraction of sp³-hybridized carbons (Fsp3) is 0.222. The normalized spacial score (nSPS) is 10.9. The van der Waals surface area contributed by atoms with Gasteiger partial charge in [-0.05, 0) is 50.2 Å². The van der Waals surface area contributed by atoms with Crippen molar-refractivity contribution in [2.45, 2.75) is 19.3 Å². The van der Waals surface area contributed by atoms with Crippen LogP contribution in [0, 0.1) is 10.1 Å². The van der Waals surface area contributed by atoms with Crippen molar-refractivity contribution in [3.05, 3.63) is 63.7 Å². The van der Waals surface area contributed by atoms with Crippen LogP contribution < -0.4 is 10.1 Å². The lowest BCUT2D eigenvalue weighted by Gasteiger charge is -2.24. The van der Waals surface area contributed by atoms with E-state index in [0.29, 0.717) is 11.4 Å². The van der Waals surface area contributed by atoms with Crippen molar-refractivity contribution in [1.82, 2.24) is 0 Å². The van der Waals surface area contributed by atoms with Gasteiger partial charge in [-0.15, -0.1) is 0 Å². The zero-order chi connectivity index (χ0) is 19.5. The molecule has 0 radical (unpaired) electrons. The van der Waals surface area contributed by atoms with Crippen LogP contribution in [0.15, 0.2) is 42.5 Å². The lowest BCUT2D eigenvalue weighted by Crippen LogP contribution is -2.35. The Bertz CT molecular complexity index is 858. The molecule has 136 valence electrons. The van der Waals surface area contributed by atoms with Crippen molar-refractivity contribution in [1.29, 1.82) is 0 Å². The highest BCUT2D eigenvalue weighted by Crippen LogP contribution is 2.33. The van der Waals surface area contributed by atoms with E-state index in [-0.39, 0.29) is 16.8 Å². The van der Waals surface area contributed by atoms with Crippen molar-refractivity contribution in [2.75, 3.05) is 12.4 Å². The number of nitro benzene ring substituents is 1. The summed E-state index contributed by atoms with van der Waals surface area (Å²) in [5, 5.41) is 23.1. The maximum absolute atomic E-state index is 12.7. The molecule has 2 rings (SSSR count). The Morgan fingerprint density at radius 2 is 1.77 bits per heavy atom. The number of anilines is 1. The number of benzene rings is 2. The molecule has 0 spiro atoms. The van der Waals surface area contributed by atoms with E-state index in [0.717, 1.165) is 18.2 Å². The van der Waals surface area contributed by atoms with Gasteiger partial charge in [0.25, 0.3) is 5.69 Å². The summed E-state index contributed by atoms with van der Waals surface area (Å²) >= 11 is 0. The number of hydrogen-bond donors (Lipinski definition) is 2. The van der Waals surface area contributed by atoms with Gasteiger partial charge >= 0.3 is 5.97 Å². The molecule has 0 aliphatic rings. The lowest BCUT2D eigenvalue weighted by atomic mass is 9.81. The van der Waals surface area contributed by atoms with Gasteiger partial charge < -0.3 is 15.2 Å². The number of ether oxygens (including phenoxy) is 1. The van der Waals surface area contributed by atoms with Gasteiger partial charge in [0.15, 0.2) is 0 Å². The van der Waals surface area contributed by atoms with Crippen molar-refractivity contribution in [2.24, 2.45) is 0 Å². The van der Waals surface area contributed by atoms with Gasteiger partial charge in [-0.2, -0.15) is 0 Å². The van der Waals surface area contributed by atoms with Gasteiger partial charge in [0.2, 0.25) is 5.91 Å². The van der Waals surface area contributed by atoms with E-state index in [1.54, 1.807) is 24.3 Å². The van der Waals surface area contributed by atoms with Gasteiger partial charge in [-0.25, -0.2) is 4.79 Å². The molecule has 8 heteroatoms. The quantitative estimate of drug-likeness (QED) is 0.604. The van der Waals surface area contributed by atoms with Crippen molar-refractivity contribution >= 4 is 23.3 Å². The van der Waals surface area contributed by atoms with E-state index < -0.39 is 22.2 Å². The fourth-order valence-corrected chi connectivity index (χ4v) is 2.41. The number of nitrogens with one attached hydrogen (secondary N) is 1. The number of rotatable bonds is 6. The van der Waals surface area contributed by atoms with Crippen LogP contribution in [-0.2, 0) is 10.2 Å². The van der Waals surface area contributed by atoms with Crippen molar-refractivity contribution in [3.63, 3.8) is 0 Å². The van der Waals surface area contributed by atoms with Crippen molar-refractivity contribution in [3.8, 4) is 5.75 Å². The molecule has 0 aliphatic carbocycles. The Hall–Kier alpha value is -3.42. The molecule has 26 heavy (non-hydrogen) atoms. The number of nitrogens with zero attached hydrogens (tertiary/aromatic N) is 1. The summed E-state index contributed by atoms with van der Waals surface area (Å²) in [4.78, 5) is 34.6. The van der Waals surface area contributed by atoms with Gasteiger partial charge in [0.1, 0.15) is 5.75 Å². The van der Waals surface area contributed by atoms with Crippen LogP contribution in [0.4, 0.5) is 11.4 Å². The number of hydrogen-bond acceptors (Lipinski definition) is 5. The van der Waals surface area contributed by atoms with E-state index >= 15 is 0 Å². The summed E-state index contributed by atoms with van der Waals surface area (Å²) in [6.45, 7) is 3.00. The first kappa shape index (κ1) is 18.9. The third-order valence-electron chi connectivity index (χ3n) is 4.03. The second kappa shape index (κ2) is 7.22. The molecule has 8 nitrogen and oxygen atoms in total. The van der Waals surface area contributed by atoms with Crippen LogP contribution in [-0.4, -0.2) is 29.0 Å². The van der Waals surface area contributed by atoms with Crippen LogP contribution in [0.5, 0.6) is 5.75 Å². The minimum atomic E-state index is -1.34. The highest BCUT2D eigenvalue weighted by molar-refractivity contribution is 6.00. The maximum Gasteiger partial charge on any atom is 0.335 e. The van der Waals surface area contributed by atoms with Crippen LogP contribution in [0.2, 0.25) is 0 Å². The Morgan fingerprint density at radius 1 is 1.15 bits per heavy atom. The van der Waals surface area contributed by atoms with Crippen LogP contribution in [0.3, 0.4) is 0 Å². The molecule has 0 aliphatic heterocycles. The number of aromatic carboxylic acids is 1. The highest BCUT2D eigenvalue weighted by atomic mass is 16.6. The molecule has 1 amide bonds. The molecule has 2 aromatic carbocycles. The molecule has 0 unspecified atom stereocenters. The zero-order valence-electron chi connectivity index (χ0n) is 14.5. The van der Waals surface area contributed by atoms with Gasteiger partial charge in [0.05, 0.1) is 23.0 Å². The Labute approximate surface area is 149 Å². The first-order valence-electron chi connectivity index (χ1n) is 7.64. The van der Waals surface area contributed by atoms with E-state index in [1.807, 2.05) is 0 Å². The summed E-state index contributed by atoms with van der Waals surface area (Å²) in [5.74, 6) is -1.12. The number of carboxylic acid groups (broad SMARTS) is 1. The largest absolute Gasteiger partial charge is 0.497 e. The third kappa shape index (κ3) is 3.80. The predicted molar refractivity (Wildman–Crippen MR) is 94.7 cm³/mol. The number of nitro groups is 1. The number of amides is 1. The van der Waals surface area contributed by atoms with Gasteiger partial charge in [0, 0.05) is 17.3 Å². The number of methoxy groups -OCH3 is 1. The minimum absolute atomic E-state index is 0.0217. The Kier molecular flexibility index (Phi) is 5.25. The summed E-state index contributed by atoms with van der Waals surface area (Å²) < 4.78 is 5.05. The van der Waals surface area contributed by atoms with Gasteiger partial charge in [-0.3, -0.25) is 14.9 Å². The first-order valence-corrected chi connectivity index (χ1v) is 7.64. The Morgan fingerprint density at radius 3 is 2.27 bits per heavy atom. The molecule has 0 bridgehead atoms. The maximum atomic E-state index is 12.7. The molecular weight excluding hydrogens is 340 g/mol. The van der Waals surface area contributed by atoms with E-state index in [9.17, 15) is 19.7 Å². The summed E-state index contributed by atoms with van der Waals surface area (Å²) in [6.07, 6.45) is 0. The number of carboxylic acids is 1.